The fourth-order valence-electron chi connectivity index (χ4n) is 3.47. The first-order chi connectivity index (χ1) is 11.1. The molecule has 6 heteroatoms. The maximum Gasteiger partial charge on any atom is 0.260 e. The highest BCUT2D eigenvalue weighted by molar-refractivity contribution is 7.19. The van der Waals surface area contributed by atoms with E-state index in [0.29, 0.717) is 23.5 Å². The molecule has 2 aromatic carbocycles. The normalized spacial score (nSPS) is 19.0. The van der Waals surface area contributed by atoms with Gasteiger partial charge in [-0.1, -0.05) is 18.2 Å². The van der Waals surface area contributed by atoms with E-state index in [-0.39, 0.29) is 17.7 Å². The van der Waals surface area contributed by atoms with Crippen LogP contribution in [0.1, 0.15) is 15.9 Å². The van der Waals surface area contributed by atoms with Crippen LogP contribution in [0.15, 0.2) is 36.4 Å². The predicted molar refractivity (Wildman–Crippen MR) is 92.5 cm³/mol. The Morgan fingerprint density at radius 1 is 1.26 bits per heavy atom. The first-order valence-corrected chi connectivity index (χ1v) is 7.96. The van der Waals surface area contributed by atoms with Crippen molar-refractivity contribution in [3.05, 3.63) is 47.5 Å². The van der Waals surface area contributed by atoms with Crippen LogP contribution in [0.5, 0.6) is 11.5 Å². The van der Waals surface area contributed by atoms with Gasteiger partial charge in [-0.15, -0.1) is 0 Å². The van der Waals surface area contributed by atoms with E-state index >= 15 is 0 Å². The highest BCUT2D eigenvalue weighted by Gasteiger charge is 2.39. The predicted octanol–water partition coefficient (Wildman–Crippen LogP) is 2.58. The van der Waals surface area contributed by atoms with Crippen LogP contribution in [0.25, 0.3) is 0 Å². The molecular weight excluding hydrogens is 311 g/mol. The van der Waals surface area contributed by atoms with Crippen LogP contribution >= 0.6 is 9.39 Å². The number of nitrogens with zero attached hydrogens (tertiary/aromatic N) is 2. The Hall–Kier alpha value is -2.26. The zero-order valence-corrected chi connectivity index (χ0v) is 13.8. The van der Waals surface area contributed by atoms with Gasteiger partial charge < -0.3 is 19.4 Å². The lowest BCUT2D eigenvalue weighted by atomic mass is 10.1. The van der Waals surface area contributed by atoms with E-state index in [2.05, 4.69) is 15.5 Å². The molecule has 118 valence electrons. The molecule has 0 saturated carbocycles. The molecule has 2 atom stereocenters. The number of hydrogen-bond acceptors (Lipinski definition) is 4. The van der Waals surface area contributed by atoms with Gasteiger partial charge in [0.05, 0.1) is 24.4 Å². The number of carbonyl (C=O) groups is 1. The van der Waals surface area contributed by atoms with E-state index in [0.717, 1.165) is 12.1 Å². The minimum absolute atomic E-state index is 0.0361. The number of phenolic OH excluding ortho intramolecular Hbond substituents is 1. The van der Waals surface area contributed by atoms with Gasteiger partial charge in [0.2, 0.25) is 0 Å². The quantitative estimate of drug-likeness (QED) is 0.818. The van der Waals surface area contributed by atoms with E-state index in [1.807, 2.05) is 27.8 Å². The van der Waals surface area contributed by atoms with Gasteiger partial charge in [0.15, 0.2) is 11.5 Å². The molecule has 2 aliphatic rings. The first kappa shape index (κ1) is 14.3. The second-order valence-electron chi connectivity index (χ2n) is 5.86. The van der Waals surface area contributed by atoms with Crippen molar-refractivity contribution in [2.24, 2.45) is 0 Å². The highest BCUT2D eigenvalue weighted by Crippen LogP contribution is 2.42. The summed E-state index contributed by atoms with van der Waals surface area (Å²) in [5.74, 6) is 0.286. The average molecular weight is 328 g/mol. The van der Waals surface area contributed by atoms with Crippen molar-refractivity contribution in [3.63, 3.8) is 0 Å². The molecule has 2 aromatic rings. The highest BCUT2D eigenvalue weighted by atomic mass is 31.0. The summed E-state index contributed by atoms with van der Waals surface area (Å²) in [5, 5.41) is 10.0. The molecule has 0 fully saturated rings. The van der Waals surface area contributed by atoms with Gasteiger partial charge in [-0.05, 0) is 33.5 Å². The van der Waals surface area contributed by atoms with Gasteiger partial charge >= 0.3 is 0 Å². The Bertz CT molecular complexity index is 808. The minimum atomic E-state index is -0.0572. The number of benzene rings is 2. The number of hydrogen-bond donors (Lipinski definition) is 1. The molecule has 2 aliphatic heterocycles. The minimum Gasteiger partial charge on any atom is -0.504 e. The fourth-order valence-corrected chi connectivity index (χ4v) is 3.92. The average Bonchev–Trinajstić information content (AvgIpc) is 2.87. The molecule has 0 radical (unpaired) electrons. The largest absolute Gasteiger partial charge is 0.504 e. The van der Waals surface area contributed by atoms with E-state index in [1.54, 1.807) is 12.1 Å². The van der Waals surface area contributed by atoms with Crippen LogP contribution < -0.4 is 14.3 Å². The summed E-state index contributed by atoms with van der Waals surface area (Å²) >= 11 is 0. The molecule has 0 aromatic heterocycles. The maximum absolute atomic E-state index is 13.2. The molecule has 5 nitrogen and oxygen atoms in total. The molecule has 1 N–H and O–H groups in total. The van der Waals surface area contributed by atoms with Crippen molar-refractivity contribution in [1.82, 2.24) is 0 Å². The van der Waals surface area contributed by atoms with Crippen LogP contribution in [0.3, 0.4) is 0 Å². The van der Waals surface area contributed by atoms with Crippen LogP contribution in [0.2, 0.25) is 0 Å². The molecule has 0 aliphatic carbocycles. The Morgan fingerprint density at radius 2 is 2.04 bits per heavy atom. The van der Waals surface area contributed by atoms with Crippen LogP contribution in [-0.2, 0) is 6.42 Å². The lowest BCUT2D eigenvalue weighted by molar-refractivity contribution is 0.0983. The number of fused-ring (bicyclic) bond motifs is 4. The van der Waals surface area contributed by atoms with E-state index in [1.165, 1.54) is 12.7 Å². The lowest BCUT2D eigenvalue weighted by Crippen LogP contribution is -2.40. The Labute approximate surface area is 136 Å². The molecule has 1 amide bonds. The van der Waals surface area contributed by atoms with Gasteiger partial charge in [0, 0.05) is 18.3 Å². The van der Waals surface area contributed by atoms with Crippen LogP contribution in [0, 0.1) is 0 Å². The summed E-state index contributed by atoms with van der Waals surface area (Å²) in [7, 11) is 4.13. The third kappa shape index (κ3) is 2.07. The standard InChI is InChI=1S/C17H17N2O3P/c1-22-16-7-12-14(8-15(16)20)18(23)9-11-6-10-4-2-3-5-13(10)19(11)17(12)21/h2-5,7-8,11,20H,6,9,23H2,1H3/t11-/m0/s1. The van der Waals surface area contributed by atoms with E-state index in [4.69, 9.17) is 4.74 Å². The molecular formula is C17H17N2O3P. The lowest BCUT2D eigenvalue weighted by Gasteiger charge is -2.24. The molecule has 0 saturated heterocycles. The summed E-state index contributed by atoms with van der Waals surface area (Å²) in [5.41, 5.74) is 3.40. The molecule has 4 rings (SSSR count). The molecule has 23 heavy (non-hydrogen) atoms. The summed E-state index contributed by atoms with van der Waals surface area (Å²) in [6.07, 6.45) is 0.837. The zero-order chi connectivity index (χ0) is 16.1. The monoisotopic (exact) mass is 328 g/mol. The van der Waals surface area contributed by atoms with Crippen molar-refractivity contribution in [3.8, 4) is 11.5 Å². The second kappa shape index (κ2) is 5.14. The number of methoxy groups -OCH3 is 1. The number of carbonyl (C=O) groups excluding carboxylic acids is 1. The van der Waals surface area contributed by atoms with Gasteiger partial charge in [0.1, 0.15) is 0 Å². The van der Waals surface area contributed by atoms with Gasteiger partial charge in [-0.2, -0.15) is 0 Å². The Morgan fingerprint density at radius 3 is 2.83 bits per heavy atom. The van der Waals surface area contributed by atoms with Crippen LogP contribution in [0.4, 0.5) is 11.4 Å². The second-order valence-corrected chi connectivity index (χ2v) is 6.48. The summed E-state index contributed by atoms with van der Waals surface area (Å²) in [6, 6.07) is 11.3. The van der Waals surface area contributed by atoms with Gasteiger partial charge in [-0.25, -0.2) is 0 Å². The van der Waals surface area contributed by atoms with Crippen molar-refractivity contribution in [2.45, 2.75) is 12.5 Å². The summed E-state index contributed by atoms with van der Waals surface area (Å²) < 4.78 is 7.12. The van der Waals surface area contributed by atoms with Crippen molar-refractivity contribution >= 4 is 26.7 Å². The van der Waals surface area contributed by atoms with Crippen molar-refractivity contribution in [1.29, 1.82) is 0 Å². The van der Waals surface area contributed by atoms with E-state index < -0.39 is 0 Å². The molecule has 2 heterocycles. The summed E-state index contributed by atoms with van der Waals surface area (Å²) in [4.78, 5) is 15.0. The maximum atomic E-state index is 13.2. The number of ether oxygens (including phenoxy) is 1. The molecule has 0 spiro atoms. The number of rotatable bonds is 1. The fraction of sp³-hybridized carbons (Fsp3) is 0.235. The Balaban J connectivity index is 1.89. The third-order valence-corrected chi connectivity index (χ3v) is 5.02. The topological polar surface area (TPSA) is 53.0 Å². The van der Waals surface area contributed by atoms with E-state index in [9.17, 15) is 9.90 Å². The first-order valence-electron chi connectivity index (χ1n) is 7.45. The molecule has 0 bridgehead atoms. The molecule has 1 unspecified atom stereocenters. The van der Waals surface area contributed by atoms with Crippen molar-refractivity contribution in [2.75, 3.05) is 23.2 Å². The number of amides is 1. The number of aromatic hydroxyl groups is 1. The SMILES string of the molecule is COc1cc2c(cc1O)N(P)C[C@@H]1Cc3ccccc3N1C2=O. The number of phenols is 1. The smallest absolute Gasteiger partial charge is 0.260 e. The number of para-hydroxylation sites is 1. The summed E-state index contributed by atoms with van der Waals surface area (Å²) in [6.45, 7) is 0.684. The van der Waals surface area contributed by atoms with Gasteiger partial charge in [0.25, 0.3) is 5.91 Å². The Kier molecular flexibility index (Phi) is 3.20. The number of anilines is 2. The van der Waals surface area contributed by atoms with Crippen molar-refractivity contribution < 1.29 is 14.6 Å². The zero-order valence-electron chi connectivity index (χ0n) is 12.7. The van der Waals surface area contributed by atoms with Crippen LogP contribution in [-0.4, -0.2) is 30.7 Å². The third-order valence-electron chi connectivity index (χ3n) is 4.54. The van der Waals surface area contributed by atoms with Gasteiger partial charge in [-0.3, -0.25) is 4.79 Å².